The summed E-state index contributed by atoms with van der Waals surface area (Å²) in [5.74, 6) is 0. The maximum Gasteiger partial charge on any atom is 0.0485 e. The van der Waals surface area contributed by atoms with Crippen LogP contribution in [0.2, 0.25) is 0 Å². The molecule has 178 valence electrons. The summed E-state index contributed by atoms with van der Waals surface area (Å²) in [5.41, 5.74) is 8.40. The van der Waals surface area contributed by atoms with Crippen LogP contribution in [0.15, 0.2) is 91.0 Å². The Bertz CT molecular complexity index is 1620. The first-order valence-corrected chi connectivity index (χ1v) is 12.7. The third-order valence-electron chi connectivity index (χ3n) is 7.41. The Labute approximate surface area is 213 Å². The standard InChI is InChI=1S/C34H32N2/c1-21-10-6-8-12-28(21)35-30-20-31(36-29-13-9-7-11-22(29)2)27-17-15-24-19-25(34(3,4)5)18-23-14-16-26(30)33(27)32(23)24/h6-20,35-36H,1-5H3. The van der Waals surface area contributed by atoms with Gasteiger partial charge in [0, 0.05) is 38.9 Å². The minimum absolute atomic E-state index is 0.0968. The van der Waals surface area contributed by atoms with E-state index in [0.717, 1.165) is 22.7 Å². The van der Waals surface area contributed by atoms with Crippen molar-refractivity contribution in [1.82, 2.24) is 0 Å². The van der Waals surface area contributed by atoms with Gasteiger partial charge in [0.25, 0.3) is 0 Å². The molecule has 0 aliphatic carbocycles. The van der Waals surface area contributed by atoms with Crippen LogP contribution < -0.4 is 10.6 Å². The van der Waals surface area contributed by atoms with Gasteiger partial charge in [-0.15, -0.1) is 0 Å². The molecular weight excluding hydrogens is 436 g/mol. The average Bonchev–Trinajstić information content (AvgIpc) is 2.85. The smallest absolute Gasteiger partial charge is 0.0485 e. The quantitative estimate of drug-likeness (QED) is 0.251. The van der Waals surface area contributed by atoms with Gasteiger partial charge in [-0.3, -0.25) is 0 Å². The van der Waals surface area contributed by atoms with Crippen molar-refractivity contribution in [3.63, 3.8) is 0 Å². The molecule has 6 aromatic carbocycles. The summed E-state index contributed by atoms with van der Waals surface area (Å²) < 4.78 is 0. The molecule has 0 fully saturated rings. The van der Waals surface area contributed by atoms with Crippen molar-refractivity contribution in [3.8, 4) is 0 Å². The summed E-state index contributed by atoms with van der Waals surface area (Å²) >= 11 is 0. The molecule has 0 heterocycles. The van der Waals surface area contributed by atoms with E-state index in [0.29, 0.717) is 0 Å². The van der Waals surface area contributed by atoms with E-state index in [1.807, 2.05) is 0 Å². The van der Waals surface area contributed by atoms with Crippen LogP contribution in [0.5, 0.6) is 0 Å². The Kier molecular flexibility index (Phi) is 5.15. The van der Waals surface area contributed by atoms with Crippen LogP contribution in [0.25, 0.3) is 32.3 Å². The van der Waals surface area contributed by atoms with Gasteiger partial charge in [0.15, 0.2) is 0 Å². The van der Waals surface area contributed by atoms with Gasteiger partial charge in [-0.1, -0.05) is 93.6 Å². The Balaban J connectivity index is 1.66. The van der Waals surface area contributed by atoms with Crippen molar-refractivity contribution in [2.24, 2.45) is 0 Å². The van der Waals surface area contributed by atoms with Crippen molar-refractivity contribution in [3.05, 3.63) is 108 Å². The molecule has 2 nitrogen and oxygen atoms in total. The van der Waals surface area contributed by atoms with Crippen LogP contribution in [-0.4, -0.2) is 0 Å². The molecule has 0 saturated heterocycles. The normalized spacial score (nSPS) is 12.0. The summed E-state index contributed by atoms with van der Waals surface area (Å²) in [4.78, 5) is 0. The lowest BCUT2D eigenvalue weighted by atomic mass is 9.83. The summed E-state index contributed by atoms with van der Waals surface area (Å²) in [6, 6.07) is 33.1. The van der Waals surface area contributed by atoms with Crippen LogP contribution in [-0.2, 0) is 5.41 Å². The average molecular weight is 469 g/mol. The van der Waals surface area contributed by atoms with Gasteiger partial charge in [0.1, 0.15) is 0 Å². The summed E-state index contributed by atoms with van der Waals surface area (Å²) in [7, 11) is 0. The van der Waals surface area contributed by atoms with Crippen molar-refractivity contribution >= 4 is 55.1 Å². The molecule has 0 aromatic heterocycles. The number of hydrogen-bond donors (Lipinski definition) is 2. The largest absolute Gasteiger partial charge is 0.355 e. The molecule has 36 heavy (non-hydrogen) atoms. The zero-order valence-electron chi connectivity index (χ0n) is 21.7. The highest BCUT2D eigenvalue weighted by Gasteiger charge is 2.19. The molecule has 0 aliphatic rings. The lowest BCUT2D eigenvalue weighted by Crippen LogP contribution is -2.10. The van der Waals surface area contributed by atoms with E-state index in [1.54, 1.807) is 0 Å². The SMILES string of the molecule is Cc1ccccc1Nc1cc(Nc2ccccc2C)c2ccc3cc(C(C)(C)C)cc4ccc1c2c43. The third kappa shape index (κ3) is 3.74. The molecule has 2 N–H and O–H groups in total. The summed E-state index contributed by atoms with van der Waals surface area (Å²) in [6.07, 6.45) is 0. The molecule has 6 aromatic rings. The highest BCUT2D eigenvalue weighted by Crippen LogP contribution is 2.44. The third-order valence-corrected chi connectivity index (χ3v) is 7.41. The molecule has 0 radical (unpaired) electrons. The Morgan fingerprint density at radius 1 is 0.500 bits per heavy atom. The maximum atomic E-state index is 3.76. The fourth-order valence-electron chi connectivity index (χ4n) is 5.27. The van der Waals surface area contributed by atoms with Gasteiger partial charge >= 0.3 is 0 Å². The lowest BCUT2D eigenvalue weighted by molar-refractivity contribution is 0.591. The lowest BCUT2D eigenvalue weighted by Gasteiger charge is -2.23. The van der Waals surface area contributed by atoms with Gasteiger partial charge in [-0.05, 0) is 70.3 Å². The molecule has 0 spiro atoms. The van der Waals surface area contributed by atoms with Gasteiger partial charge < -0.3 is 10.6 Å². The van der Waals surface area contributed by atoms with Gasteiger partial charge in [-0.25, -0.2) is 0 Å². The van der Waals surface area contributed by atoms with Gasteiger partial charge in [0.2, 0.25) is 0 Å². The Morgan fingerprint density at radius 2 is 0.972 bits per heavy atom. The van der Waals surface area contributed by atoms with Crippen LogP contribution in [0.1, 0.15) is 37.5 Å². The number of benzene rings is 6. The van der Waals surface area contributed by atoms with Crippen molar-refractivity contribution in [2.45, 2.75) is 40.0 Å². The number of hydrogen-bond acceptors (Lipinski definition) is 2. The molecule has 0 atom stereocenters. The molecule has 0 bridgehead atoms. The fraction of sp³-hybridized carbons (Fsp3) is 0.176. The van der Waals surface area contributed by atoms with E-state index in [9.17, 15) is 0 Å². The van der Waals surface area contributed by atoms with Crippen molar-refractivity contribution in [2.75, 3.05) is 10.6 Å². The summed E-state index contributed by atoms with van der Waals surface area (Å²) in [5, 5.41) is 15.2. The van der Waals surface area contributed by atoms with Gasteiger partial charge in [0.05, 0.1) is 0 Å². The first-order valence-electron chi connectivity index (χ1n) is 12.7. The second-order valence-electron chi connectivity index (χ2n) is 11.0. The molecule has 6 rings (SSSR count). The first kappa shape index (κ1) is 22.4. The zero-order valence-corrected chi connectivity index (χ0v) is 21.7. The van der Waals surface area contributed by atoms with Crippen LogP contribution in [0.3, 0.4) is 0 Å². The van der Waals surface area contributed by atoms with Crippen molar-refractivity contribution < 1.29 is 0 Å². The van der Waals surface area contributed by atoms with E-state index in [-0.39, 0.29) is 5.41 Å². The van der Waals surface area contributed by atoms with E-state index < -0.39 is 0 Å². The van der Waals surface area contributed by atoms with E-state index in [2.05, 4.69) is 136 Å². The Morgan fingerprint density at radius 3 is 1.42 bits per heavy atom. The van der Waals surface area contributed by atoms with E-state index in [4.69, 9.17) is 0 Å². The zero-order chi connectivity index (χ0) is 25.0. The topological polar surface area (TPSA) is 24.1 Å². The molecule has 2 heteroatoms. The predicted octanol–water partition coefficient (Wildman–Crippen LogP) is 9.99. The second kappa shape index (κ2) is 8.27. The minimum atomic E-state index is 0.0968. The predicted molar refractivity (Wildman–Crippen MR) is 158 cm³/mol. The van der Waals surface area contributed by atoms with Crippen molar-refractivity contribution in [1.29, 1.82) is 0 Å². The number of para-hydroxylation sites is 2. The molecular formula is C34H32N2. The highest BCUT2D eigenvalue weighted by atomic mass is 14.9. The van der Waals surface area contributed by atoms with E-state index >= 15 is 0 Å². The molecule has 0 amide bonds. The van der Waals surface area contributed by atoms with E-state index in [1.165, 1.54) is 49.0 Å². The summed E-state index contributed by atoms with van der Waals surface area (Å²) in [6.45, 7) is 11.2. The minimum Gasteiger partial charge on any atom is -0.355 e. The van der Waals surface area contributed by atoms with Crippen LogP contribution >= 0.6 is 0 Å². The number of aryl methyl sites for hydroxylation is 2. The number of rotatable bonds is 4. The second-order valence-corrected chi connectivity index (χ2v) is 11.0. The molecule has 0 aliphatic heterocycles. The fourth-order valence-corrected chi connectivity index (χ4v) is 5.27. The number of anilines is 4. The monoisotopic (exact) mass is 468 g/mol. The first-order chi connectivity index (χ1) is 17.3. The molecule has 0 saturated carbocycles. The maximum absolute atomic E-state index is 3.76. The van der Waals surface area contributed by atoms with Gasteiger partial charge in [-0.2, -0.15) is 0 Å². The van der Waals surface area contributed by atoms with Crippen LogP contribution in [0, 0.1) is 13.8 Å². The molecule has 0 unspecified atom stereocenters. The number of nitrogens with one attached hydrogen (secondary N) is 2. The highest BCUT2D eigenvalue weighted by molar-refractivity contribution is 6.28. The Hall–Kier alpha value is -4.04. The van der Waals surface area contributed by atoms with Crippen LogP contribution in [0.4, 0.5) is 22.7 Å².